The number of hydrogen-bond acceptors (Lipinski definition) is 3. The van der Waals surface area contributed by atoms with E-state index in [0.717, 1.165) is 0 Å². The second-order valence-electron chi connectivity index (χ2n) is 5.51. The van der Waals surface area contributed by atoms with Gasteiger partial charge in [0.25, 0.3) is 5.91 Å². The van der Waals surface area contributed by atoms with Gasteiger partial charge in [-0.05, 0) is 17.5 Å². The zero-order valence-electron chi connectivity index (χ0n) is 11.2. The first kappa shape index (κ1) is 14.0. The lowest BCUT2D eigenvalue weighted by Gasteiger charge is -2.09. The van der Waals surface area contributed by atoms with Crippen LogP contribution in [0, 0.1) is 17.3 Å². The van der Waals surface area contributed by atoms with Gasteiger partial charge in [-0.2, -0.15) is 0 Å². The van der Waals surface area contributed by atoms with Crippen molar-refractivity contribution in [2.24, 2.45) is 23.0 Å². The molecule has 1 aromatic carbocycles. The lowest BCUT2D eigenvalue weighted by Crippen LogP contribution is -2.21. The number of para-hydroxylation sites is 1. The molecule has 106 valence electrons. The van der Waals surface area contributed by atoms with Gasteiger partial charge in [0.2, 0.25) is 5.91 Å². The Kier molecular flexibility index (Phi) is 3.25. The number of carbonyl (C=O) groups is 3. The van der Waals surface area contributed by atoms with Crippen LogP contribution in [0.25, 0.3) is 0 Å². The predicted octanol–water partition coefficient (Wildman–Crippen LogP) is 1.08. The van der Waals surface area contributed by atoms with Crippen LogP contribution in [0.5, 0.6) is 0 Å². The van der Waals surface area contributed by atoms with Gasteiger partial charge in [0.1, 0.15) is 0 Å². The van der Waals surface area contributed by atoms with Crippen molar-refractivity contribution in [1.29, 1.82) is 0 Å². The van der Waals surface area contributed by atoms with E-state index in [1.54, 1.807) is 32.0 Å². The van der Waals surface area contributed by atoms with Crippen molar-refractivity contribution in [2.75, 3.05) is 5.32 Å². The summed E-state index contributed by atoms with van der Waals surface area (Å²) in [5, 5.41) is 11.7. The number of primary amides is 1. The minimum Gasteiger partial charge on any atom is -0.481 e. The number of carboxylic acid groups (broad SMARTS) is 1. The molecule has 0 spiro atoms. The van der Waals surface area contributed by atoms with Crippen molar-refractivity contribution in [3.63, 3.8) is 0 Å². The maximum absolute atomic E-state index is 12.2. The van der Waals surface area contributed by atoms with Crippen molar-refractivity contribution in [2.45, 2.75) is 13.8 Å². The maximum atomic E-state index is 12.2. The second kappa shape index (κ2) is 4.63. The number of carboxylic acids is 1. The molecule has 2 rings (SSSR count). The van der Waals surface area contributed by atoms with Crippen molar-refractivity contribution < 1.29 is 19.5 Å². The van der Waals surface area contributed by atoms with E-state index in [0.29, 0.717) is 5.69 Å². The average molecular weight is 276 g/mol. The number of nitrogens with one attached hydrogen (secondary N) is 1. The number of rotatable bonds is 4. The zero-order valence-corrected chi connectivity index (χ0v) is 11.2. The molecular formula is C14H16N2O4. The quantitative estimate of drug-likeness (QED) is 0.764. The summed E-state index contributed by atoms with van der Waals surface area (Å²) in [5.41, 5.74) is 5.14. The smallest absolute Gasteiger partial charge is 0.307 e. The van der Waals surface area contributed by atoms with E-state index in [1.165, 1.54) is 6.07 Å². The van der Waals surface area contributed by atoms with Crippen molar-refractivity contribution in [3.05, 3.63) is 29.8 Å². The van der Waals surface area contributed by atoms with E-state index < -0.39 is 35.0 Å². The lowest BCUT2D eigenvalue weighted by molar-refractivity contribution is -0.140. The molecule has 1 aliphatic rings. The van der Waals surface area contributed by atoms with Crippen LogP contribution < -0.4 is 11.1 Å². The summed E-state index contributed by atoms with van der Waals surface area (Å²) in [7, 11) is 0. The number of nitrogens with two attached hydrogens (primary N) is 1. The van der Waals surface area contributed by atoms with E-state index in [-0.39, 0.29) is 5.56 Å². The molecule has 1 aliphatic carbocycles. The highest BCUT2D eigenvalue weighted by Gasteiger charge is 2.65. The Morgan fingerprint density at radius 3 is 2.30 bits per heavy atom. The van der Waals surface area contributed by atoms with Gasteiger partial charge in [0, 0.05) is 0 Å². The van der Waals surface area contributed by atoms with E-state index in [1.807, 2.05) is 0 Å². The first-order chi connectivity index (χ1) is 9.26. The highest BCUT2D eigenvalue weighted by Crippen LogP contribution is 2.58. The molecule has 2 amide bonds. The Hall–Kier alpha value is -2.37. The van der Waals surface area contributed by atoms with Crippen LogP contribution in [0.3, 0.4) is 0 Å². The van der Waals surface area contributed by atoms with Crippen molar-refractivity contribution >= 4 is 23.5 Å². The Morgan fingerprint density at radius 2 is 1.80 bits per heavy atom. The van der Waals surface area contributed by atoms with E-state index in [4.69, 9.17) is 10.8 Å². The molecule has 0 heterocycles. The molecule has 0 radical (unpaired) electrons. The fraction of sp³-hybridized carbons (Fsp3) is 0.357. The summed E-state index contributed by atoms with van der Waals surface area (Å²) in [4.78, 5) is 34.5. The summed E-state index contributed by atoms with van der Waals surface area (Å²) < 4.78 is 0. The molecule has 1 fully saturated rings. The molecule has 0 aliphatic heterocycles. The minimum absolute atomic E-state index is 0.200. The average Bonchev–Trinajstić information content (AvgIpc) is 2.93. The standard InChI is InChI=1S/C14H16N2O4/c1-14(2)9(10(14)13(19)20)12(18)16-8-6-4-3-5-7(8)11(15)17/h3-6,9-10H,1-2H3,(H2,15,17)(H,16,18)(H,19,20)/t9-,10-/m0/s1. The Bertz CT molecular complexity index is 595. The third kappa shape index (κ3) is 2.24. The van der Waals surface area contributed by atoms with Crippen LogP contribution >= 0.6 is 0 Å². The van der Waals surface area contributed by atoms with Crippen molar-refractivity contribution in [1.82, 2.24) is 0 Å². The first-order valence-electron chi connectivity index (χ1n) is 6.19. The molecule has 1 aromatic rings. The van der Waals surface area contributed by atoms with E-state index in [9.17, 15) is 14.4 Å². The molecule has 20 heavy (non-hydrogen) atoms. The number of aliphatic carboxylic acids is 1. The molecule has 0 bridgehead atoms. The highest BCUT2D eigenvalue weighted by atomic mass is 16.4. The van der Waals surface area contributed by atoms with Gasteiger partial charge in [-0.3, -0.25) is 14.4 Å². The SMILES string of the molecule is CC1(C)[C@H](C(=O)O)[C@H]1C(=O)Nc1ccccc1C(N)=O. The molecule has 1 saturated carbocycles. The van der Waals surface area contributed by atoms with Crippen LogP contribution in [0.4, 0.5) is 5.69 Å². The first-order valence-corrected chi connectivity index (χ1v) is 6.19. The van der Waals surface area contributed by atoms with Crippen molar-refractivity contribution in [3.8, 4) is 0 Å². The predicted molar refractivity (Wildman–Crippen MR) is 72.0 cm³/mol. The summed E-state index contributed by atoms with van der Waals surface area (Å²) in [6.45, 7) is 3.46. The van der Waals surface area contributed by atoms with Gasteiger partial charge in [-0.25, -0.2) is 0 Å². The van der Waals surface area contributed by atoms with Crippen LogP contribution in [0.2, 0.25) is 0 Å². The van der Waals surface area contributed by atoms with Crippen LogP contribution in [-0.2, 0) is 9.59 Å². The van der Waals surface area contributed by atoms with E-state index >= 15 is 0 Å². The largest absolute Gasteiger partial charge is 0.481 e. The topological polar surface area (TPSA) is 109 Å². The van der Waals surface area contributed by atoms with Crippen LogP contribution in [-0.4, -0.2) is 22.9 Å². The van der Waals surface area contributed by atoms with Gasteiger partial charge < -0.3 is 16.2 Å². The third-order valence-corrected chi connectivity index (χ3v) is 3.83. The van der Waals surface area contributed by atoms with Gasteiger partial charge >= 0.3 is 5.97 Å². The fourth-order valence-corrected chi connectivity index (χ4v) is 2.61. The number of carbonyl (C=O) groups excluding carboxylic acids is 2. The van der Waals surface area contributed by atoms with E-state index in [2.05, 4.69) is 5.32 Å². The zero-order chi connectivity index (χ0) is 15.1. The summed E-state index contributed by atoms with van der Waals surface area (Å²) in [6, 6.07) is 6.36. The number of anilines is 1. The number of hydrogen-bond donors (Lipinski definition) is 3. The summed E-state index contributed by atoms with van der Waals surface area (Å²) in [5.74, 6) is -3.36. The minimum atomic E-state index is -0.988. The lowest BCUT2D eigenvalue weighted by atomic mass is 10.1. The number of benzene rings is 1. The van der Waals surface area contributed by atoms with Crippen LogP contribution in [0.15, 0.2) is 24.3 Å². The Morgan fingerprint density at radius 1 is 1.20 bits per heavy atom. The number of amides is 2. The molecule has 2 atom stereocenters. The van der Waals surface area contributed by atoms with Gasteiger partial charge in [-0.15, -0.1) is 0 Å². The van der Waals surface area contributed by atoms with Crippen LogP contribution in [0.1, 0.15) is 24.2 Å². The van der Waals surface area contributed by atoms with Gasteiger partial charge in [-0.1, -0.05) is 26.0 Å². The third-order valence-electron chi connectivity index (χ3n) is 3.83. The van der Waals surface area contributed by atoms with Gasteiger partial charge in [0.15, 0.2) is 0 Å². The summed E-state index contributed by atoms with van der Waals surface area (Å²) >= 11 is 0. The van der Waals surface area contributed by atoms with Gasteiger partial charge in [0.05, 0.1) is 23.1 Å². The monoisotopic (exact) mass is 276 g/mol. The second-order valence-corrected chi connectivity index (χ2v) is 5.51. The highest BCUT2D eigenvalue weighted by molar-refractivity contribution is 6.05. The molecule has 0 saturated heterocycles. The molecular weight excluding hydrogens is 260 g/mol. The molecule has 6 heteroatoms. The Balaban J connectivity index is 2.18. The maximum Gasteiger partial charge on any atom is 0.307 e. The molecule has 6 nitrogen and oxygen atoms in total. The molecule has 0 aromatic heterocycles. The Labute approximate surface area is 116 Å². The molecule has 4 N–H and O–H groups in total. The fourth-order valence-electron chi connectivity index (χ4n) is 2.61. The molecule has 0 unspecified atom stereocenters. The summed E-state index contributed by atoms with van der Waals surface area (Å²) in [6.07, 6.45) is 0. The normalized spacial score (nSPS) is 22.9.